The Kier molecular flexibility index (Phi) is 2.83. The van der Waals surface area contributed by atoms with Crippen LogP contribution in [0.4, 0.5) is 12.9 Å². The summed E-state index contributed by atoms with van der Waals surface area (Å²) < 4.78 is 40.7. The zero-order valence-electron chi connectivity index (χ0n) is 7.26. The van der Waals surface area contributed by atoms with Gasteiger partial charge in [0, 0.05) is 0 Å². The van der Waals surface area contributed by atoms with Gasteiger partial charge in [0.25, 0.3) is 0 Å². The first kappa shape index (κ1) is 10.6. The Morgan fingerprint density at radius 1 is 1.64 bits per heavy atom. The second kappa shape index (κ2) is 3.73. The monoisotopic (exact) mass is 207 g/mol. The van der Waals surface area contributed by atoms with E-state index < -0.39 is 18.5 Å². The van der Waals surface area contributed by atoms with Gasteiger partial charge in [-0.15, -0.1) is 0 Å². The first-order valence-electron chi connectivity index (χ1n) is 3.87. The first-order valence-corrected chi connectivity index (χ1v) is 3.87. The Balaban J connectivity index is 2.83. The van der Waals surface area contributed by atoms with Gasteiger partial charge in [-0.3, -0.25) is 0 Å². The standard InChI is InChI=1S/C6H7BF3N2O2/c1-2-14-6(13)4-3-5(12-11-4)7(8,9)10/h3H,2H2,1H3,(H,11,12)/q-1. The summed E-state index contributed by atoms with van der Waals surface area (Å²) in [5.74, 6) is -0.866. The number of hydrogen-bond acceptors (Lipinski definition) is 3. The zero-order valence-corrected chi connectivity index (χ0v) is 7.26. The highest BCUT2D eigenvalue weighted by molar-refractivity contribution is 6.72. The molecule has 0 aliphatic heterocycles. The molecule has 1 heterocycles. The van der Waals surface area contributed by atoms with E-state index in [2.05, 4.69) is 9.84 Å². The number of nitrogens with one attached hydrogen (secondary N) is 1. The molecule has 4 nitrogen and oxygen atoms in total. The van der Waals surface area contributed by atoms with Crippen LogP contribution in [-0.4, -0.2) is 29.8 Å². The highest BCUT2D eigenvalue weighted by atomic mass is 19.4. The van der Waals surface area contributed by atoms with E-state index in [9.17, 15) is 17.7 Å². The molecule has 0 bridgehead atoms. The molecule has 14 heavy (non-hydrogen) atoms. The van der Waals surface area contributed by atoms with E-state index in [1.165, 1.54) is 0 Å². The lowest BCUT2D eigenvalue weighted by Gasteiger charge is -2.09. The van der Waals surface area contributed by atoms with Crippen molar-refractivity contribution in [3.05, 3.63) is 11.8 Å². The Bertz CT molecular complexity index is 336. The molecule has 1 aromatic heterocycles. The van der Waals surface area contributed by atoms with Crippen molar-refractivity contribution >= 4 is 18.5 Å². The number of aromatic nitrogens is 2. The minimum absolute atomic E-state index is 0.0954. The van der Waals surface area contributed by atoms with Gasteiger partial charge in [-0.2, -0.15) is 5.10 Å². The normalized spacial score (nSPS) is 11.4. The van der Waals surface area contributed by atoms with Crippen molar-refractivity contribution in [2.45, 2.75) is 6.92 Å². The Hall–Kier alpha value is -1.47. The molecule has 0 spiro atoms. The summed E-state index contributed by atoms with van der Waals surface area (Å²) in [7, 11) is 0. The molecule has 0 saturated carbocycles. The molecule has 1 N–H and O–H groups in total. The third-order valence-corrected chi connectivity index (χ3v) is 1.43. The van der Waals surface area contributed by atoms with Crippen LogP contribution in [0.1, 0.15) is 17.4 Å². The summed E-state index contributed by atoms with van der Waals surface area (Å²) in [6.07, 6.45) is 0. The maximum absolute atomic E-state index is 12.1. The number of aromatic amines is 1. The Labute approximate surface area is 77.5 Å². The molecule has 0 radical (unpaired) electrons. The van der Waals surface area contributed by atoms with Crippen molar-refractivity contribution in [2.24, 2.45) is 0 Å². The van der Waals surface area contributed by atoms with Crippen molar-refractivity contribution in [2.75, 3.05) is 6.61 Å². The highest BCUT2D eigenvalue weighted by Gasteiger charge is 2.29. The molecule has 0 atom stereocenters. The molecular weight excluding hydrogens is 200 g/mol. The molecule has 1 rings (SSSR count). The van der Waals surface area contributed by atoms with E-state index in [0.717, 1.165) is 0 Å². The minimum Gasteiger partial charge on any atom is -0.461 e. The summed E-state index contributed by atoms with van der Waals surface area (Å²) in [6, 6.07) is 0.637. The number of H-pyrrole nitrogens is 1. The maximum atomic E-state index is 12.1. The van der Waals surface area contributed by atoms with E-state index in [1.807, 2.05) is 0 Å². The first-order chi connectivity index (χ1) is 6.45. The van der Waals surface area contributed by atoms with E-state index in [1.54, 1.807) is 12.0 Å². The van der Waals surface area contributed by atoms with Gasteiger partial charge in [-0.05, 0) is 18.6 Å². The number of ether oxygens (including phenoxy) is 1. The molecule has 8 heteroatoms. The molecule has 1 aromatic rings. The van der Waals surface area contributed by atoms with Crippen LogP contribution in [0, 0.1) is 0 Å². The van der Waals surface area contributed by atoms with Gasteiger partial charge < -0.3 is 22.8 Å². The third kappa shape index (κ3) is 2.27. The fourth-order valence-corrected chi connectivity index (χ4v) is 0.814. The Morgan fingerprint density at radius 2 is 2.29 bits per heavy atom. The van der Waals surface area contributed by atoms with Crippen LogP contribution in [0.5, 0.6) is 0 Å². The number of rotatable bonds is 3. The van der Waals surface area contributed by atoms with Crippen LogP contribution in [0.3, 0.4) is 0 Å². The molecule has 0 aromatic carbocycles. The number of esters is 1. The molecule has 78 valence electrons. The van der Waals surface area contributed by atoms with Gasteiger partial charge in [-0.1, -0.05) is 0 Å². The van der Waals surface area contributed by atoms with Crippen molar-refractivity contribution in [3.8, 4) is 0 Å². The van der Waals surface area contributed by atoms with Crippen molar-refractivity contribution in [3.63, 3.8) is 0 Å². The number of carbonyl (C=O) groups is 1. The number of carbonyl (C=O) groups excluding carboxylic acids is 1. The fraction of sp³-hybridized carbons (Fsp3) is 0.333. The quantitative estimate of drug-likeness (QED) is 0.584. The number of nitrogens with zero attached hydrogens (tertiary/aromatic N) is 1. The van der Waals surface area contributed by atoms with Gasteiger partial charge in [0.2, 0.25) is 0 Å². The summed E-state index contributed by atoms with van der Waals surface area (Å²) >= 11 is 0. The molecular formula is C6H7BF3N2O2-. The average Bonchev–Trinajstić information content (AvgIpc) is 2.51. The summed E-state index contributed by atoms with van der Waals surface area (Å²) in [6.45, 7) is -3.50. The molecule has 0 aliphatic rings. The van der Waals surface area contributed by atoms with Gasteiger partial charge in [0.15, 0.2) is 5.69 Å². The molecule has 0 fully saturated rings. The van der Waals surface area contributed by atoms with Crippen LogP contribution >= 0.6 is 0 Å². The van der Waals surface area contributed by atoms with E-state index in [4.69, 9.17) is 0 Å². The molecule has 0 aliphatic carbocycles. The lowest BCUT2D eigenvalue weighted by molar-refractivity contribution is 0.0519. The predicted molar refractivity (Wildman–Crippen MR) is 43.3 cm³/mol. The average molecular weight is 207 g/mol. The Morgan fingerprint density at radius 3 is 2.71 bits per heavy atom. The summed E-state index contributed by atoms with van der Waals surface area (Å²) in [5, 5.41) is 4.93. The van der Waals surface area contributed by atoms with Crippen LogP contribution in [0.15, 0.2) is 6.07 Å². The minimum atomic E-state index is -5.15. The van der Waals surface area contributed by atoms with Crippen LogP contribution in [0.2, 0.25) is 0 Å². The molecule has 0 saturated heterocycles. The maximum Gasteiger partial charge on any atom is 0.527 e. The van der Waals surface area contributed by atoms with Gasteiger partial charge in [0.05, 0.1) is 6.61 Å². The van der Waals surface area contributed by atoms with Crippen molar-refractivity contribution in [1.29, 1.82) is 0 Å². The lowest BCUT2D eigenvalue weighted by Crippen LogP contribution is -2.35. The van der Waals surface area contributed by atoms with E-state index in [0.29, 0.717) is 6.07 Å². The number of halogens is 3. The van der Waals surface area contributed by atoms with Crippen molar-refractivity contribution < 1.29 is 22.5 Å². The van der Waals surface area contributed by atoms with Gasteiger partial charge in [0.1, 0.15) is 0 Å². The van der Waals surface area contributed by atoms with Crippen LogP contribution in [-0.2, 0) is 4.74 Å². The third-order valence-electron chi connectivity index (χ3n) is 1.43. The second-order valence-electron chi connectivity index (χ2n) is 2.50. The van der Waals surface area contributed by atoms with Crippen LogP contribution in [0.25, 0.3) is 0 Å². The SMILES string of the molecule is CCOC(=O)c1cc([B-](F)(F)F)[nH]n1. The molecule has 0 unspecified atom stereocenters. The topological polar surface area (TPSA) is 55.0 Å². The lowest BCUT2D eigenvalue weighted by atomic mass is 9.86. The van der Waals surface area contributed by atoms with Crippen LogP contribution < -0.4 is 5.59 Å². The van der Waals surface area contributed by atoms with Gasteiger partial charge in [-0.25, -0.2) is 4.79 Å². The zero-order chi connectivity index (χ0) is 10.8. The van der Waals surface area contributed by atoms with E-state index in [-0.39, 0.29) is 12.3 Å². The highest BCUT2D eigenvalue weighted by Crippen LogP contribution is 2.08. The van der Waals surface area contributed by atoms with Gasteiger partial charge >= 0.3 is 12.9 Å². The summed E-state index contributed by atoms with van der Waals surface area (Å²) in [4.78, 5) is 10.9. The molecule has 0 amide bonds. The van der Waals surface area contributed by atoms with Crippen molar-refractivity contribution in [1.82, 2.24) is 10.2 Å². The fourth-order valence-electron chi connectivity index (χ4n) is 0.814. The second-order valence-corrected chi connectivity index (χ2v) is 2.50. The van der Waals surface area contributed by atoms with E-state index >= 15 is 0 Å². The smallest absolute Gasteiger partial charge is 0.461 e. The number of hydrogen-bond donors (Lipinski definition) is 1. The largest absolute Gasteiger partial charge is 0.527 e. The predicted octanol–water partition coefficient (Wildman–Crippen LogP) is 0.641. The summed E-state index contributed by atoms with van der Waals surface area (Å²) in [5.41, 5.74) is -1.37.